The van der Waals surface area contributed by atoms with Crippen LogP contribution in [-0.4, -0.2) is 30.9 Å². The van der Waals surface area contributed by atoms with Crippen LogP contribution < -0.4 is 0 Å². The van der Waals surface area contributed by atoms with Gasteiger partial charge in [-0.15, -0.1) is 10.2 Å². The minimum absolute atomic E-state index is 0.0305. The van der Waals surface area contributed by atoms with Crippen LogP contribution in [0.1, 0.15) is 52.6 Å². The van der Waals surface area contributed by atoms with Crippen molar-refractivity contribution in [2.24, 2.45) is 0 Å². The number of carbonyl (C=O) groups is 1. The molecule has 0 spiro atoms. The maximum Gasteiger partial charge on any atom is 0.336 e. The SMILES string of the molecule is CCCCc1nnc(SCc2cccc(CO)c2)n1Cc1ccc(-c2ccccc2C(=O)O)cc1. The van der Waals surface area contributed by atoms with Gasteiger partial charge in [0, 0.05) is 12.2 Å². The van der Waals surface area contributed by atoms with Gasteiger partial charge >= 0.3 is 5.97 Å². The largest absolute Gasteiger partial charge is 0.478 e. The molecule has 4 aromatic rings. The summed E-state index contributed by atoms with van der Waals surface area (Å²) in [7, 11) is 0. The van der Waals surface area contributed by atoms with Crippen molar-refractivity contribution in [2.75, 3.05) is 0 Å². The van der Waals surface area contributed by atoms with Gasteiger partial charge in [0.2, 0.25) is 0 Å². The zero-order valence-corrected chi connectivity index (χ0v) is 20.5. The number of rotatable bonds is 11. The molecular formula is C28H29N3O3S. The molecule has 0 aliphatic rings. The molecule has 4 rings (SSSR count). The number of aromatic nitrogens is 3. The lowest BCUT2D eigenvalue weighted by atomic mass is 9.99. The van der Waals surface area contributed by atoms with Crippen LogP contribution in [0.15, 0.2) is 78.0 Å². The smallest absolute Gasteiger partial charge is 0.336 e. The Labute approximate surface area is 209 Å². The van der Waals surface area contributed by atoms with Gasteiger partial charge in [0.05, 0.1) is 18.7 Å². The fourth-order valence-electron chi connectivity index (χ4n) is 3.96. The molecule has 0 bridgehead atoms. The first-order valence-electron chi connectivity index (χ1n) is 11.7. The summed E-state index contributed by atoms with van der Waals surface area (Å²) in [5, 5.41) is 28.8. The predicted molar refractivity (Wildman–Crippen MR) is 138 cm³/mol. The van der Waals surface area contributed by atoms with Crippen LogP contribution in [0.25, 0.3) is 11.1 Å². The fraction of sp³-hybridized carbons (Fsp3) is 0.250. The first-order chi connectivity index (χ1) is 17.1. The van der Waals surface area contributed by atoms with Gasteiger partial charge in [0.15, 0.2) is 5.16 Å². The van der Waals surface area contributed by atoms with Gasteiger partial charge in [-0.05, 0) is 40.3 Å². The highest BCUT2D eigenvalue weighted by atomic mass is 32.2. The number of benzene rings is 3. The Bertz CT molecular complexity index is 1280. The summed E-state index contributed by atoms with van der Waals surface area (Å²) >= 11 is 1.64. The van der Waals surface area contributed by atoms with E-state index in [0.717, 1.165) is 58.2 Å². The molecular weight excluding hydrogens is 458 g/mol. The molecule has 0 radical (unpaired) electrons. The first kappa shape index (κ1) is 24.7. The van der Waals surface area contributed by atoms with E-state index in [1.807, 2.05) is 54.6 Å². The van der Waals surface area contributed by atoms with Gasteiger partial charge in [0.1, 0.15) is 5.82 Å². The van der Waals surface area contributed by atoms with Crippen molar-refractivity contribution >= 4 is 17.7 Å². The highest BCUT2D eigenvalue weighted by molar-refractivity contribution is 7.98. The number of aliphatic hydroxyl groups excluding tert-OH is 1. The van der Waals surface area contributed by atoms with Crippen molar-refractivity contribution in [3.05, 3.63) is 101 Å². The van der Waals surface area contributed by atoms with E-state index in [2.05, 4.69) is 27.8 Å². The number of aliphatic hydroxyl groups is 1. The molecule has 1 heterocycles. The Morgan fingerprint density at radius 3 is 2.46 bits per heavy atom. The third-order valence-electron chi connectivity index (χ3n) is 5.85. The molecule has 0 amide bonds. The van der Waals surface area contributed by atoms with E-state index < -0.39 is 5.97 Å². The monoisotopic (exact) mass is 487 g/mol. The number of nitrogens with zero attached hydrogens (tertiary/aromatic N) is 3. The summed E-state index contributed by atoms with van der Waals surface area (Å²) in [4.78, 5) is 11.6. The van der Waals surface area contributed by atoms with E-state index in [1.54, 1.807) is 23.9 Å². The average molecular weight is 488 g/mol. The van der Waals surface area contributed by atoms with Crippen LogP contribution >= 0.6 is 11.8 Å². The zero-order valence-electron chi connectivity index (χ0n) is 19.7. The minimum atomic E-state index is -0.930. The minimum Gasteiger partial charge on any atom is -0.478 e. The molecule has 180 valence electrons. The van der Waals surface area contributed by atoms with Crippen molar-refractivity contribution < 1.29 is 15.0 Å². The van der Waals surface area contributed by atoms with Crippen molar-refractivity contribution in [1.82, 2.24) is 14.8 Å². The summed E-state index contributed by atoms with van der Waals surface area (Å²) in [5.74, 6) is 0.782. The summed E-state index contributed by atoms with van der Waals surface area (Å²) < 4.78 is 2.18. The molecule has 0 aliphatic heterocycles. The number of thioether (sulfide) groups is 1. The lowest BCUT2D eigenvalue weighted by Gasteiger charge is -2.12. The van der Waals surface area contributed by atoms with Crippen molar-refractivity contribution in [1.29, 1.82) is 0 Å². The maximum absolute atomic E-state index is 11.6. The first-order valence-corrected chi connectivity index (χ1v) is 12.7. The van der Waals surface area contributed by atoms with Gasteiger partial charge in [-0.25, -0.2) is 4.79 Å². The van der Waals surface area contributed by atoms with Crippen LogP contribution in [-0.2, 0) is 25.3 Å². The second kappa shape index (κ2) is 11.8. The van der Waals surface area contributed by atoms with Crippen molar-refractivity contribution in [3.63, 3.8) is 0 Å². The van der Waals surface area contributed by atoms with E-state index in [4.69, 9.17) is 0 Å². The summed E-state index contributed by atoms with van der Waals surface area (Å²) in [5.41, 5.74) is 5.01. The van der Waals surface area contributed by atoms with Crippen LogP contribution in [0.4, 0.5) is 0 Å². The molecule has 3 aromatic carbocycles. The molecule has 2 N–H and O–H groups in total. The summed E-state index contributed by atoms with van der Waals surface area (Å²) in [6.07, 6.45) is 3.00. The average Bonchev–Trinajstić information content (AvgIpc) is 3.27. The van der Waals surface area contributed by atoms with E-state index >= 15 is 0 Å². The predicted octanol–water partition coefficient (Wildman–Crippen LogP) is 5.82. The standard InChI is InChI=1S/C28H29N3O3S/c1-2-3-11-26-29-30-28(35-19-22-8-6-7-21(16-22)18-32)31(26)17-20-12-14-23(15-13-20)24-9-4-5-10-25(24)27(33)34/h4-10,12-16,32H,2-3,11,17-19H2,1H3,(H,33,34). The number of hydrogen-bond donors (Lipinski definition) is 2. The number of unbranched alkanes of at least 4 members (excludes halogenated alkanes) is 1. The fourth-order valence-corrected chi connectivity index (χ4v) is 4.86. The Morgan fingerprint density at radius 2 is 1.71 bits per heavy atom. The maximum atomic E-state index is 11.6. The summed E-state index contributed by atoms with van der Waals surface area (Å²) in [6, 6.07) is 23.0. The third kappa shape index (κ3) is 6.18. The van der Waals surface area contributed by atoms with Gasteiger partial charge in [-0.3, -0.25) is 0 Å². The molecule has 0 atom stereocenters. The molecule has 0 saturated carbocycles. The van der Waals surface area contributed by atoms with E-state index in [9.17, 15) is 15.0 Å². The molecule has 0 aliphatic carbocycles. The number of carboxylic acid groups (broad SMARTS) is 1. The molecule has 0 fully saturated rings. The third-order valence-corrected chi connectivity index (χ3v) is 6.89. The van der Waals surface area contributed by atoms with Gasteiger partial charge in [-0.2, -0.15) is 0 Å². The highest BCUT2D eigenvalue weighted by Crippen LogP contribution is 2.27. The normalized spacial score (nSPS) is 11.0. The number of aryl methyl sites for hydroxylation is 1. The van der Waals surface area contributed by atoms with Crippen molar-refractivity contribution in [3.8, 4) is 11.1 Å². The van der Waals surface area contributed by atoms with Crippen LogP contribution in [0.5, 0.6) is 0 Å². The topological polar surface area (TPSA) is 88.2 Å². The molecule has 0 saturated heterocycles. The van der Waals surface area contributed by atoms with Crippen molar-refractivity contribution in [2.45, 2.75) is 50.2 Å². The molecule has 35 heavy (non-hydrogen) atoms. The summed E-state index contributed by atoms with van der Waals surface area (Å²) in [6.45, 7) is 2.84. The van der Waals surface area contributed by atoms with Gasteiger partial charge < -0.3 is 14.8 Å². The van der Waals surface area contributed by atoms with Crippen LogP contribution in [0.2, 0.25) is 0 Å². The van der Waals surface area contributed by atoms with E-state index in [0.29, 0.717) is 17.7 Å². The van der Waals surface area contributed by atoms with E-state index in [1.165, 1.54) is 0 Å². The number of carboxylic acids is 1. The molecule has 7 heteroatoms. The number of aromatic carboxylic acids is 1. The number of hydrogen-bond acceptors (Lipinski definition) is 5. The van der Waals surface area contributed by atoms with E-state index in [-0.39, 0.29) is 6.61 Å². The quantitative estimate of drug-likeness (QED) is 0.259. The lowest BCUT2D eigenvalue weighted by molar-refractivity contribution is 0.0697. The Balaban J connectivity index is 1.55. The second-order valence-corrected chi connectivity index (χ2v) is 9.35. The Hall–Kier alpha value is -3.42. The van der Waals surface area contributed by atoms with Gasteiger partial charge in [-0.1, -0.05) is 91.8 Å². The lowest BCUT2D eigenvalue weighted by Crippen LogP contribution is -2.07. The van der Waals surface area contributed by atoms with Crippen LogP contribution in [0, 0.1) is 0 Å². The van der Waals surface area contributed by atoms with Crippen LogP contribution in [0.3, 0.4) is 0 Å². The second-order valence-electron chi connectivity index (χ2n) is 8.40. The van der Waals surface area contributed by atoms with Gasteiger partial charge in [0.25, 0.3) is 0 Å². The Morgan fingerprint density at radius 1 is 0.943 bits per heavy atom. The zero-order chi connectivity index (χ0) is 24.6. The highest BCUT2D eigenvalue weighted by Gasteiger charge is 2.15. The molecule has 0 unspecified atom stereocenters. The molecule has 1 aromatic heterocycles. The Kier molecular flexibility index (Phi) is 8.34. The molecule has 6 nitrogen and oxygen atoms in total.